The van der Waals surface area contributed by atoms with Crippen molar-refractivity contribution < 1.29 is 18.7 Å². The maximum absolute atomic E-state index is 12.8. The molecule has 0 aliphatic rings. The second kappa shape index (κ2) is 11.1. The molecule has 0 saturated carbocycles. The van der Waals surface area contributed by atoms with Gasteiger partial charge < -0.3 is 26.0 Å². The van der Waals surface area contributed by atoms with Crippen LogP contribution in [0.2, 0.25) is 0 Å². The fourth-order valence-electron chi connectivity index (χ4n) is 2.47. The first-order chi connectivity index (χ1) is 13.3. The van der Waals surface area contributed by atoms with Crippen molar-refractivity contribution in [2.24, 2.45) is 4.99 Å². The minimum atomic E-state index is -2.55. The Balaban J connectivity index is 3.38. The highest BCUT2D eigenvalue weighted by atomic mass is 19.3. The van der Waals surface area contributed by atoms with Gasteiger partial charge in [-0.25, -0.2) is 8.78 Å². The molecule has 0 heterocycles. The number of aliphatic hydroxyl groups excluding tert-OH is 1. The molecule has 28 heavy (non-hydrogen) atoms. The molecule has 0 aliphatic heterocycles. The Morgan fingerprint density at radius 2 is 1.86 bits per heavy atom. The fraction of sp³-hybridized carbons (Fsp3) is 0.421. The number of aliphatic imine (C=N–C) groups is 1. The van der Waals surface area contributed by atoms with E-state index >= 15 is 0 Å². The number of aliphatic hydroxyl groups is 1. The fourth-order valence-corrected chi connectivity index (χ4v) is 2.47. The molecule has 1 aromatic rings. The Morgan fingerprint density at radius 1 is 1.29 bits per heavy atom. The van der Waals surface area contributed by atoms with E-state index < -0.39 is 13.0 Å². The first-order valence-corrected chi connectivity index (χ1v) is 8.75. The standard InChI is InChI=1S/C19H27F2N5O2/c1-5-16(12-6-8-13(9-7-12)17(20)21)24-18(14(10-27)15(22)11-28)25-19(23-2)26(3)4/h6-10,16-17,22,24,28H,5,11H2,1-4H3,(H,23,25)/b18-14+,22-15?. The van der Waals surface area contributed by atoms with Crippen LogP contribution < -0.4 is 10.6 Å². The minimum absolute atomic E-state index is 0.0758. The Hall–Kier alpha value is -2.81. The van der Waals surface area contributed by atoms with Gasteiger partial charge in [-0.1, -0.05) is 31.2 Å². The smallest absolute Gasteiger partial charge is 0.263 e. The molecular formula is C19H27F2N5O2. The van der Waals surface area contributed by atoms with Crippen LogP contribution in [0.5, 0.6) is 0 Å². The number of hydrogen-bond donors (Lipinski definition) is 4. The van der Waals surface area contributed by atoms with Crippen molar-refractivity contribution >= 4 is 18.0 Å². The molecular weight excluding hydrogens is 368 g/mol. The number of rotatable bonds is 9. The van der Waals surface area contributed by atoms with Crippen LogP contribution in [0, 0.1) is 5.41 Å². The highest BCUT2D eigenvalue weighted by molar-refractivity contribution is 6.14. The minimum Gasteiger partial charge on any atom is -0.390 e. The topological polar surface area (TPSA) is 101 Å². The number of nitrogens with zero attached hydrogens (tertiary/aromatic N) is 2. The van der Waals surface area contributed by atoms with Crippen LogP contribution in [0.15, 0.2) is 40.7 Å². The molecule has 0 aromatic heterocycles. The average Bonchev–Trinajstić information content (AvgIpc) is 2.69. The Labute approximate surface area is 163 Å². The Morgan fingerprint density at radius 3 is 2.25 bits per heavy atom. The summed E-state index contributed by atoms with van der Waals surface area (Å²) in [5, 5.41) is 23.1. The van der Waals surface area contributed by atoms with E-state index in [4.69, 9.17) is 5.41 Å². The number of nitrogens with one attached hydrogen (secondary N) is 3. The van der Waals surface area contributed by atoms with Crippen molar-refractivity contribution in [3.8, 4) is 0 Å². The van der Waals surface area contributed by atoms with Crippen LogP contribution in [0.1, 0.15) is 36.9 Å². The molecule has 1 aromatic carbocycles. The summed E-state index contributed by atoms with van der Waals surface area (Å²) in [5.41, 5.74) is 0.294. The zero-order valence-corrected chi connectivity index (χ0v) is 16.5. The highest BCUT2D eigenvalue weighted by Crippen LogP contribution is 2.24. The molecule has 1 rings (SSSR count). The number of carbonyl (C=O) groups excluding carboxylic acids is 1. The van der Waals surface area contributed by atoms with Gasteiger partial charge in [-0.05, 0) is 12.0 Å². The van der Waals surface area contributed by atoms with E-state index in [1.165, 1.54) is 12.1 Å². The van der Waals surface area contributed by atoms with Gasteiger partial charge in [0.15, 0.2) is 12.2 Å². The lowest BCUT2D eigenvalue weighted by atomic mass is 10.0. The highest BCUT2D eigenvalue weighted by Gasteiger charge is 2.18. The van der Waals surface area contributed by atoms with Crippen LogP contribution >= 0.6 is 0 Å². The van der Waals surface area contributed by atoms with Crippen LogP contribution in [-0.2, 0) is 4.79 Å². The van der Waals surface area contributed by atoms with Gasteiger partial charge >= 0.3 is 0 Å². The number of alkyl halides is 2. The SMILES string of the molecule is CCC(NC(/N=C(\NC)N(C)C)=C(/C=O)C(=N)CO)c1ccc(C(F)F)cc1. The van der Waals surface area contributed by atoms with E-state index in [0.29, 0.717) is 18.7 Å². The molecule has 0 spiro atoms. The zero-order chi connectivity index (χ0) is 21.3. The third kappa shape index (κ3) is 6.12. The number of guanidine groups is 1. The molecule has 0 aliphatic carbocycles. The van der Waals surface area contributed by atoms with Crippen molar-refractivity contribution in [3.63, 3.8) is 0 Å². The monoisotopic (exact) mass is 395 g/mol. The predicted molar refractivity (Wildman–Crippen MR) is 106 cm³/mol. The van der Waals surface area contributed by atoms with Gasteiger partial charge in [0, 0.05) is 26.7 Å². The van der Waals surface area contributed by atoms with Crippen LogP contribution in [0.4, 0.5) is 8.78 Å². The summed E-state index contributed by atoms with van der Waals surface area (Å²) in [6.07, 6.45) is -1.52. The van der Waals surface area contributed by atoms with E-state index in [2.05, 4.69) is 15.6 Å². The number of carbonyl (C=O) groups is 1. The van der Waals surface area contributed by atoms with Crippen molar-refractivity contribution in [2.45, 2.75) is 25.8 Å². The Kier molecular flexibility index (Phi) is 9.23. The van der Waals surface area contributed by atoms with E-state index in [1.54, 1.807) is 38.2 Å². The predicted octanol–water partition coefficient (Wildman–Crippen LogP) is 2.22. The van der Waals surface area contributed by atoms with Gasteiger partial charge in [0.1, 0.15) is 5.82 Å². The van der Waals surface area contributed by atoms with Gasteiger partial charge in [0.25, 0.3) is 6.43 Å². The molecule has 0 bridgehead atoms. The van der Waals surface area contributed by atoms with Crippen LogP contribution in [0.3, 0.4) is 0 Å². The lowest BCUT2D eigenvalue weighted by Gasteiger charge is -2.22. The van der Waals surface area contributed by atoms with Gasteiger partial charge in [0.2, 0.25) is 0 Å². The molecule has 0 radical (unpaired) electrons. The van der Waals surface area contributed by atoms with Gasteiger partial charge in [0.05, 0.1) is 23.9 Å². The van der Waals surface area contributed by atoms with E-state index in [9.17, 15) is 18.7 Å². The largest absolute Gasteiger partial charge is 0.390 e. The molecule has 9 heteroatoms. The third-order valence-corrected chi connectivity index (χ3v) is 4.03. The summed E-state index contributed by atoms with van der Waals surface area (Å²) in [5.74, 6) is 0.535. The normalized spacial score (nSPS) is 13.6. The molecule has 7 nitrogen and oxygen atoms in total. The second-order valence-corrected chi connectivity index (χ2v) is 6.17. The number of benzene rings is 1. The zero-order valence-electron chi connectivity index (χ0n) is 16.5. The van der Waals surface area contributed by atoms with Crippen molar-refractivity contribution in [1.82, 2.24) is 15.5 Å². The third-order valence-electron chi connectivity index (χ3n) is 4.03. The maximum Gasteiger partial charge on any atom is 0.263 e. The summed E-state index contributed by atoms with van der Waals surface area (Å²) >= 11 is 0. The summed E-state index contributed by atoms with van der Waals surface area (Å²) in [4.78, 5) is 17.7. The van der Waals surface area contributed by atoms with Crippen molar-refractivity contribution in [1.29, 1.82) is 5.41 Å². The maximum atomic E-state index is 12.8. The number of aldehydes is 1. The van der Waals surface area contributed by atoms with Crippen LogP contribution in [0.25, 0.3) is 0 Å². The second-order valence-electron chi connectivity index (χ2n) is 6.17. The molecule has 4 N–H and O–H groups in total. The van der Waals surface area contributed by atoms with Crippen molar-refractivity contribution in [3.05, 3.63) is 46.8 Å². The number of halogens is 2. The lowest BCUT2D eigenvalue weighted by Crippen LogP contribution is -2.35. The quantitative estimate of drug-likeness (QED) is 0.222. The lowest BCUT2D eigenvalue weighted by molar-refractivity contribution is -0.104. The first-order valence-electron chi connectivity index (χ1n) is 8.75. The Bertz CT molecular complexity index is 730. The summed E-state index contributed by atoms with van der Waals surface area (Å²) < 4.78 is 25.6. The molecule has 1 atom stereocenters. The van der Waals surface area contributed by atoms with Gasteiger partial charge in [-0.2, -0.15) is 4.99 Å². The number of hydrogen-bond acceptors (Lipinski definition) is 5. The van der Waals surface area contributed by atoms with Crippen molar-refractivity contribution in [2.75, 3.05) is 27.7 Å². The van der Waals surface area contributed by atoms with E-state index in [-0.39, 0.29) is 28.7 Å². The van der Waals surface area contributed by atoms with E-state index in [0.717, 1.165) is 5.56 Å². The van der Waals surface area contributed by atoms with Gasteiger partial charge in [-0.3, -0.25) is 4.79 Å². The van der Waals surface area contributed by atoms with E-state index in [1.807, 2.05) is 6.92 Å². The summed E-state index contributed by atoms with van der Waals surface area (Å²) in [7, 11) is 5.17. The summed E-state index contributed by atoms with van der Waals surface area (Å²) in [6, 6.07) is 5.55. The summed E-state index contributed by atoms with van der Waals surface area (Å²) in [6.45, 7) is 1.27. The molecule has 1 unspecified atom stereocenters. The molecule has 0 saturated heterocycles. The average molecular weight is 395 g/mol. The van der Waals surface area contributed by atoms with Crippen LogP contribution in [-0.4, -0.2) is 55.7 Å². The molecule has 154 valence electrons. The molecule has 0 amide bonds. The first kappa shape index (κ1) is 23.2. The molecule has 0 fully saturated rings. The van der Waals surface area contributed by atoms with Gasteiger partial charge in [-0.15, -0.1) is 0 Å².